The average Bonchev–Trinajstić information content (AvgIpc) is 2.97. The molecule has 1 atom stereocenters. The zero-order valence-corrected chi connectivity index (χ0v) is 17.5. The molecule has 1 aliphatic heterocycles. The predicted molar refractivity (Wildman–Crippen MR) is 114 cm³/mol. The molecule has 0 spiro atoms. The van der Waals surface area contributed by atoms with E-state index in [1.165, 1.54) is 13.1 Å². The summed E-state index contributed by atoms with van der Waals surface area (Å²) in [4.78, 5) is 22.6. The minimum Gasteiger partial charge on any atom is -0.403 e. The van der Waals surface area contributed by atoms with Crippen molar-refractivity contribution < 1.29 is 18.0 Å². The highest BCUT2D eigenvalue weighted by Gasteiger charge is 2.26. The number of hydrogen-bond acceptors (Lipinski definition) is 7. The first-order chi connectivity index (χ1) is 14.8. The number of amides is 1. The highest BCUT2D eigenvalue weighted by molar-refractivity contribution is 7.19. The van der Waals surface area contributed by atoms with Gasteiger partial charge in [-0.05, 0) is 12.1 Å². The van der Waals surface area contributed by atoms with Gasteiger partial charge in [-0.1, -0.05) is 17.4 Å². The van der Waals surface area contributed by atoms with Gasteiger partial charge in [-0.3, -0.25) is 9.79 Å². The van der Waals surface area contributed by atoms with E-state index in [2.05, 4.69) is 20.6 Å². The summed E-state index contributed by atoms with van der Waals surface area (Å²) in [6.07, 6.45) is 0.00703. The van der Waals surface area contributed by atoms with Crippen LogP contribution in [-0.2, 0) is 0 Å². The van der Waals surface area contributed by atoms with E-state index in [-0.39, 0.29) is 45.9 Å². The number of anilines is 1. The van der Waals surface area contributed by atoms with Gasteiger partial charge in [-0.25, -0.2) is 18.2 Å². The Morgan fingerprint density at radius 2 is 2.13 bits per heavy atom. The third kappa shape index (κ3) is 4.97. The lowest BCUT2D eigenvalue weighted by molar-refractivity contribution is 0.0964. The summed E-state index contributed by atoms with van der Waals surface area (Å²) in [5.41, 5.74) is 11.1. The van der Waals surface area contributed by atoms with Crippen molar-refractivity contribution in [1.82, 2.24) is 20.5 Å². The number of amidine groups is 1. The van der Waals surface area contributed by atoms with Gasteiger partial charge in [-0.15, -0.1) is 0 Å². The highest BCUT2D eigenvalue weighted by atomic mass is 32.1. The predicted octanol–water partition coefficient (Wildman–Crippen LogP) is 1.47. The normalized spacial score (nSPS) is 18.1. The van der Waals surface area contributed by atoms with Gasteiger partial charge >= 0.3 is 0 Å². The van der Waals surface area contributed by atoms with Gasteiger partial charge in [0.25, 0.3) is 5.91 Å². The molecule has 2 aromatic rings. The highest BCUT2D eigenvalue weighted by Crippen LogP contribution is 2.33. The number of nitrogens with one attached hydrogen (secondary N) is 2. The van der Waals surface area contributed by atoms with Crippen LogP contribution in [0.1, 0.15) is 10.5 Å². The summed E-state index contributed by atoms with van der Waals surface area (Å²) in [5, 5.41) is 5.43. The summed E-state index contributed by atoms with van der Waals surface area (Å²) in [5.74, 6) is -2.09. The fraction of sp³-hybridized carbons (Fsp3) is 0.316. The van der Waals surface area contributed by atoms with Crippen LogP contribution < -0.4 is 22.1 Å². The van der Waals surface area contributed by atoms with E-state index in [1.54, 1.807) is 4.90 Å². The Hall–Kier alpha value is -3.12. The number of alkyl halides is 1. The fourth-order valence-electron chi connectivity index (χ4n) is 3.15. The molecule has 1 aromatic heterocycles. The van der Waals surface area contributed by atoms with Gasteiger partial charge in [0.2, 0.25) is 0 Å². The Morgan fingerprint density at radius 1 is 1.42 bits per heavy atom. The van der Waals surface area contributed by atoms with Gasteiger partial charge in [0.15, 0.2) is 5.69 Å². The number of hydrogen-bond donors (Lipinski definition) is 4. The summed E-state index contributed by atoms with van der Waals surface area (Å²) in [7, 11) is 1.49. The van der Waals surface area contributed by atoms with E-state index < -0.39 is 23.7 Å². The molecule has 1 aromatic carbocycles. The minimum atomic E-state index is -1.12. The molecule has 8 nitrogen and oxygen atoms in total. The van der Waals surface area contributed by atoms with Gasteiger partial charge in [0.1, 0.15) is 33.7 Å². The van der Waals surface area contributed by atoms with E-state index in [0.717, 1.165) is 29.7 Å². The lowest BCUT2D eigenvalue weighted by Gasteiger charge is -2.26. The van der Waals surface area contributed by atoms with Crippen LogP contribution in [-0.4, -0.2) is 61.0 Å². The molecule has 2 heterocycles. The molecule has 1 unspecified atom stereocenters. The first-order valence-electron chi connectivity index (χ1n) is 9.36. The summed E-state index contributed by atoms with van der Waals surface area (Å²) >= 11 is 0.781. The smallest absolute Gasteiger partial charge is 0.277 e. The zero-order valence-electron chi connectivity index (χ0n) is 16.7. The van der Waals surface area contributed by atoms with Gasteiger partial charge < -0.3 is 27.0 Å². The monoisotopic (exact) mass is 453 g/mol. The molecule has 166 valence electrons. The first-order valence-corrected chi connectivity index (χ1v) is 10.2. The Labute approximate surface area is 180 Å². The Kier molecular flexibility index (Phi) is 7.13. The number of nitrogens with two attached hydrogens (primary N) is 2. The Morgan fingerprint density at radius 3 is 2.77 bits per heavy atom. The van der Waals surface area contributed by atoms with Crippen LogP contribution in [0.25, 0.3) is 10.6 Å². The van der Waals surface area contributed by atoms with Gasteiger partial charge in [0.05, 0.1) is 17.8 Å². The van der Waals surface area contributed by atoms with Crippen LogP contribution in [0, 0.1) is 11.6 Å². The summed E-state index contributed by atoms with van der Waals surface area (Å²) in [6, 6.07) is 3.40. The average molecular weight is 453 g/mol. The number of nitrogens with zero attached hydrogens (tertiary/aromatic N) is 3. The van der Waals surface area contributed by atoms with Crippen LogP contribution in [0.5, 0.6) is 0 Å². The molecule has 1 saturated heterocycles. The number of benzene rings is 1. The van der Waals surface area contributed by atoms with Crippen molar-refractivity contribution in [3.63, 3.8) is 0 Å². The molecule has 0 saturated carbocycles. The van der Waals surface area contributed by atoms with Crippen molar-refractivity contribution in [3.8, 4) is 10.6 Å². The van der Waals surface area contributed by atoms with E-state index in [4.69, 9.17) is 11.5 Å². The molecule has 0 aliphatic carbocycles. The van der Waals surface area contributed by atoms with Crippen molar-refractivity contribution in [1.29, 1.82) is 0 Å². The molecule has 1 aliphatic rings. The third-order valence-electron chi connectivity index (χ3n) is 4.56. The molecular weight excluding hydrogens is 431 g/mol. The molecular formula is C19H22F3N7OS. The number of aromatic nitrogens is 1. The summed E-state index contributed by atoms with van der Waals surface area (Å²) in [6.45, 7) is 1.27. The Balaban J connectivity index is 1.84. The van der Waals surface area contributed by atoms with E-state index in [9.17, 15) is 18.0 Å². The third-order valence-corrected chi connectivity index (χ3v) is 5.46. The second-order valence-electron chi connectivity index (χ2n) is 6.66. The fourth-order valence-corrected chi connectivity index (χ4v) is 4.03. The largest absolute Gasteiger partial charge is 0.403 e. The topological polar surface area (TPSA) is 122 Å². The zero-order chi connectivity index (χ0) is 22.5. The Bertz CT molecular complexity index is 1000. The molecule has 6 N–H and O–H groups in total. The number of aliphatic imine (C=N–C) groups is 1. The lowest BCUT2D eigenvalue weighted by atomic mass is 10.2. The molecule has 31 heavy (non-hydrogen) atoms. The standard InChI is InChI=1S/C19H22F3N7OS/c1-25-17(29-6-5-26-8-10(20)9-29)13(7-23)27-18(30)15-16(24)31-19(28-15)14-11(21)3-2-4-12(14)22/h2-4,7,10,26H,5-6,8-9,23-24H2,1H3,(H,27,30)/b13-7+,25-17?. The molecule has 1 amide bonds. The van der Waals surface area contributed by atoms with Crippen molar-refractivity contribution >= 4 is 28.1 Å². The maximum absolute atomic E-state index is 14.1. The molecule has 0 bridgehead atoms. The van der Waals surface area contributed by atoms with Crippen LogP contribution >= 0.6 is 11.3 Å². The maximum Gasteiger partial charge on any atom is 0.277 e. The van der Waals surface area contributed by atoms with Crippen molar-refractivity contribution in [2.45, 2.75) is 6.17 Å². The number of carbonyl (C=O) groups excluding carboxylic acids is 1. The van der Waals surface area contributed by atoms with Gasteiger partial charge in [0, 0.05) is 32.9 Å². The van der Waals surface area contributed by atoms with E-state index >= 15 is 0 Å². The van der Waals surface area contributed by atoms with E-state index in [0.29, 0.717) is 13.1 Å². The van der Waals surface area contributed by atoms with Crippen molar-refractivity contribution in [2.75, 3.05) is 39.0 Å². The van der Waals surface area contributed by atoms with Crippen LogP contribution in [0.15, 0.2) is 35.1 Å². The van der Waals surface area contributed by atoms with Crippen molar-refractivity contribution in [3.05, 3.63) is 47.4 Å². The second kappa shape index (κ2) is 9.79. The van der Waals surface area contributed by atoms with E-state index in [1.807, 2.05) is 0 Å². The number of rotatable bonds is 4. The quantitative estimate of drug-likeness (QED) is 0.411. The molecule has 12 heteroatoms. The van der Waals surface area contributed by atoms with Crippen molar-refractivity contribution in [2.24, 2.45) is 10.7 Å². The molecule has 0 radical (unpaired) electrons. The lowest BCUT2D eigenvalue weighted by Crippen LogP contribution is -2.42. The van der Waals surface area contributed by atoms with Gasteiger partial charge in [-0.2, -0.15) is 0 Å². The molecule has 3 rings (SSSR count). The molecule has 1 fully saturated rings. The van der Waals surface area contributed by atoms with Crippen LogP contribution in [0.2, 0.25) is 0 Å². The van der Waals surface area contributed by atoms with Crippen LogP contribution in [0.4, 0.5) is 18.2 Å². The second-order valence-corrected chi connectivity index (χ2v) is 7.69. The number of nitrogen functional groups attached to an aromatic ring is 1. The summed E-state index contributed by atoms with van der Waals surface area (Å²) < 4.78 is 42.1. The number of halogens is 3. The maximum atomic E-state index is 14.1. The first kappa shape index (κ1) is 22.6. The number of carbonyl (C=O) groups is 1. The number of thiazole rings is 1. The minimum absolute atomic E-state index is 0.0238. The SMILES string of the molecule is CN=C(/C(=C\N)NC(=O)c1nc(-c2c(F)cccc2F)sc1N)N1CCNCC(F)C1. The van der Waals surface area contributed by atoms with Crippen LogP contribution in [0.3, 0.4) is 0 Å².